The zero-order chi connectivity index (χ0) is 22.5. The maximum Gasteiger partial charge on any atom is 0.341 e. The molecule has 1 aromatic heterocycles. The Kier molecular flexibility index (Phi) is 7.42. The summed E-state index contributed by atoms with van der Waals surface area (Å²) >= 11 is 1.35. The Morgan fingerprint density at radius 2 is 1.77 bits per heavy atom. The summed E-state index contributed by atoms with van der Waals surface area (Å²) in [5.41, 5.74) is 1.31. The number of likely N-dealkylation sites (tertiary alicyclic amines) is 1. The van der Waals surface area contributed by atoms with E-state index in [2.05, 4.69) is 5.32 Å². The summed E-state index contributed by atoms with van der Waals surface area (Å²) in [5.74, 6) is -2.34. The van der Waals surface area contributed by atoms with E-state index in [1.165, 1.54) is 18.3 Å². The minimum absolute atomic E-state index is 0.0600. The molecule has 0 bridgehead atoms. The first-order valence-corrected chi connectivity index (χ1v) is 11.3. The fourth-order valence-corrected chi connectivity index (χ4v) is 4.95. The zero-order valence-corrected chi connectivity index (χ0v) is 18.5. The van der Waals surface area contributed by atoms with Gasteiger partial charge in [-0.2, -0.15) is 0 Å². The average Bonchev–Trinajstić information content (AvgIpc) is 3.25. The number of nitrogens with one attached hydrogen (secondary N) is 1. The molecular weight excluding hydrogens is 424 g/mol. The molecule has 2 heterocycles. The topological polar surface area (TPSA) is 119 Å². The smallest absolute Gasteiger partial charge is 0.341 e. The van der Waals surface area contributed by atoms with Crippen molar-refractivity contribution in [3.63, 3.8) is 0 Å². The van der Waals surface area contributed by atoms with Gasteiger partial charge in [0.05, 0.1) is 18.6 Å². The van der Waals surface area contributed by atoms with Crippen LogP contribution < -0.4 is 5.32 Å². The van der Waals surface area contributed by atoms with Crippen molar-refractivity contribution in [3.8, 4) is 0 Å². The van der Waals surface area contributed by atoms with Crippen LogP contribution in [0.1, 0.15) is 66.8 Å². The summed E-state index contributed by atoms with van der Waals surface area (Å²) in [6.45, 7) is 3.32. The molecule has 0 radical (unpaired) electrons. The van der Waals surface area contributed by atoms with Crippen molar-refractivity contribution in [3.05, 3.63) is 16.0 Å². The summed E-state index contributed by atoms with van der Waals surface area (Å²) in [4.78, 5) is 62.5. The number of esters is 2. The van der Waals surface area contributed by atoms with Crippen LogP contribution in [0.15, 0.2) is 0 Å². The number of anilines is 1. The van der Waals surface area contributed by atoms with Gasteiger partial charge in [0, 0.05) is 24.3 Å². The number of ether oxygens (including phenoxy) is 2. The molecule has 2 aliphatic rings. The lowest BCUT2D eigenvalue weighted by atomic mass is 9.95. The third-order valence-electron chi connectivity index (χ3n) is 5.26. The van der Waals surface area contributed by atoms with Crippen molar-refractivity contribution < 1.29 is 33.4 Å². The Morgan fingerprint density at radius 3 is 2.45 bits per heavy atom. The number of rotatable bonds is 8. The monoisotopic (exact) mass is 450 g/mol. The molecule has 0 spiro atoms. The Bertz CT molecular complexity index is 892. The van der Waals surface area contributed by atoms with Crippen LogP contribution in [-0.4, -0.2) is 53.8 Å². The van der Waals surface area contributed by atoms with E-state index in [0.717, 1.165) is 41.0 Å². The highest BCUT2D eigenvalue weighted by atomic mass is 32.1. The van der Waals surface area contributed by atoms with E-state index < -0.39 is 23.9 Å². The number of hydrogen-bond donors (Lipinski definition) is 1. The van der Waals surface area contributed by atoms with Crippen molar-refractivity contribution >= 4 is 46.0 Å². The minimum Gasteiger partial charge on any atom is -0.462 e. The van der Waals surface area contributed by atoms with E-state index in [1.54, 1.807) is 6.92 Å². The van der Waals surface area contributed by atoms with Gasteiger partial charge in [-0.15, -0.1) is 11.3 Å². The number of fused-ring (bicyclic) bond motifs is 1. The van der Waals surface area contributed by atoms with E-state index in [9.17, 15) is 24.0 Å². The molecular formula is C21H26N2O7S. The van der Waals surface area contributed by atoms with Gasteiger partial charge >= 0.3 is 11.9 Å². The largest absolute Gasteiger partial charge is 0.462 e. The molecule has 1 atom stereocenters. The van der Waals surface area contributed by atoms with E-state index in [-0.39, 0.29) is 44.2 Å². The van der Waals surface area contributed by atoms with Gasteiger partial charge in [0.15, 0.2) is 6.10 Å². The summed E-state index contributed by atoms with van der Waals surface area (Å²) in [6, 6.07) is 0. The van der Waals surface area contributed by atoms with Gasteiger partial charge in [0.1, 0.15) is 5.00 Å². The van der Waals surface area contributed by atoms with Crippen molar-refractivity contribution in [1.82, 2.24) is 4.90 Å². The van der Waals surface area contributed by atoms with Crippen LogP contribution in [0.2, 0.25) is 0 Å². The number of carbonyl (C=O) groups is 5. The molecule has 1 aromatic rings. The molecule has 3 rings (SSSR count). The Hall–Kier alpha value is -2.75. The molecule has 1 unspecified atom stereocenters. The highest BCUT2D eigenvalue weighted by Crippen LogP contribution is 2.38. The number of nitrogens with zero attached hydrogens (tertiary/aromatic N) is 1. The lowest BCUT2D eigenvalue weighted by Crippen LogP contribution is -2.34. The van der Waals surface area contributed by atoms with Gasteiger partial charge in [-0.05, 0) is 45.1 Å². The van der Waals surface area contributed by atoms with Gasteiger partial charge in [-0.25, -0.2) is 4.79 Å². The summed E-state index contributed by atoms with van der Waals surface area (Å²) in [7, 11) is 0. The number of imide groups is 1. The second-order valence-corrected chi connectivity index (χ2v) is 8.55. The van der Waals surface area contributed by atoms with Crippen LogP contribution >= 0.6 is 11.3 Å². The van der Waals surface area contributed by atoms with Crippen LogP contribution in [0.4, 0.5) is 5.00 Å². The predicted octanol–water partition coefficient (Wildman–Crippen LogP) is 2.21. The molecule has 1 fully saturated rings. The van der Waals surface area contributed by atoms with Crippen LogP contribution in [0, 0.1) is 0 Å². The second kappa shape index (κ2) is 10.0. The molecule has 1 N–H and O–H groups in total. The quantitative estimate of drug-likeness (QED) is 0.476. The Morgan fingerprint density at radius 1 is 1.10 bits per heavy atom. The number of amides is 3. The van der Waals surface area contributed by atoms with Crippen molar-refractivity contribution in [2.24, 2.45) is 0 Å². The number of hydrogen-bond acceptors (Lipinski definition) is 8. The molecule has 1 saturated heterocycles. The Balaban J connectivity index is 1.61. The van der Waals surface area contributed by atoms with Crippen LogP contribution in [0.3, 0.4) is 0 Å². The highest BCUT2D eigenvalue weighted by molar-refractivity contribution is 7.17. The molecule has 31 heavy (non-hydrogen) atoms. The zero-order valence-electron chi connectivity index (χ0n) is 17.7. The summed E-state index contributed by atoms with van der Waals surface area (Å²) in [5, 5.41) is 3.12. The minimum atomic E-state index is -1.10. The lowest BCUT2D eigenvalue weighted by Gasteiger charge is -2.16. The van der Waals surface area contributed by atoms with Gasteiger partial charge in [0.25, 0.3) is 5.91 Å². The first-order valence-electron chi connectivity index (χ1n) is 10.5. The van der Waals surface area contributed by atoms with Gasteiger partial charge in [0.2, 0.25) is 11.8 Å². The number of thiophene rings is 1. The molecule has 0 aromatic carbocycles. The lowest BCUT2D eigenvalue weighted by molar-refractivity contribution is -0.154. The molecule has 1 aliphatic heterocycles. The second-order valence-electron chi connectivity index (χ2n) is 7.45. The maximum atomic E-state index is 12.6. The van der Waals surface area contributed by atoms with Gasteiger partial charge in [-0.1, -0.05) is 0 Å². The fourth-order valence-electron chi connectivity index (χ4n) is 3.67. The van der Waals surface area contributed by atoms with Crippen LogP contribution in [0.25, 0.3) is 0 Å². The average molecular weight is 451 g/mol. The van der Waals surface area contributed by atoms with E-state index >= 15 is 0 Å². The van der Waals surface area contributed by atoms with Gasteiger partial charge in [-0.3, -0.25) is 24.1 Å². The normalized spacial score (nSPS) is 16.6. The van der Waals surface area contributed by atoms with Gasteiger partial charge < -0.3 is 14.8 Å². The van der Waals surface area contributed by atoms with E-state index in [4.69, 9.17) is 9.47 Å². The summed E-state index contributed by atoms with van der Waals surface area (Å²) < 4.78 is 10.3. The molecule has 10 heteroatoms. The SMILES string of the molecule is CCOC(=O)c1c(NC(=O)C(C)OC(=O)CCN2C(=O)CCC2=O)sc2c1CCCC2. The number of carbonyl (C=O) groups excluding carboxylic acids is 5. The molecule has 168 valence electrons. The Labute approximate surface area is 184 Å². The standard InChI is InChI=1S/C21H26N2O7S/c1-3-29-21(28)18-13-6-4-5-7-14(13)31-20(18)22-19(27)12(2)30-17(26)10-11-23-15(24)8-9-16(23)25/h12H,3-11H2,1-2H3,(H,22,27). The molecule has 0 saturated carbocycles. The van der Waals surface area contributed by atoms with E-state index in [0.29, 0.717) is 10.6 Å². The first-order chi connectivity index (χ1) is 14.8. The fraction of sp³-hybridized carbons (Fsp3) is 0.571. The third-order valence-corrected chi connectivity index (χ3v) is 6.47. The summed E-state index contributed by atoms with van der Waals surface area (Å²) in [6.07, 6.45) is 2.62. The molecule has 1 aliphatic carbocycles. The van der Waals surface area contributed by atoms with Crippen LogP contribution in [0.5, 0.6) is 0 Å². The van der Waals surface area contributed by atoms with E-state index in [1.807, 2.05) is 0 Å². The molecule has 3 amide bonds. The maximum absolute atomic E-state index is 12.6. The van der Waals surface area contributed by atoms with Crippen molar-refractivity contribution in [2.75, 3.05) is 18.5 Å². The predicted molar refractivity (Wildman–Crippen MR) is 112 cm³/mol. The first kappa shape index (κ1) is 22.9. The molecule has 9 nitrogen and oxygen atoms in total. The highest BCUT2D eigenvalue weighted by Gasteiger charge is 2.31. The number of aryl methyl sites for hydroxylation is 1. The van der Waals surface area contributed by atoms with Crippen molar-refractivity contribution in [2.45, 2.75) is 64.9 Å². The van der Waals surface area contributed by atoms with Crippen molar-refractivity contribution in [1.29, 1.82) is 0 Å². The third kappa shape index (κ3) is 5.30. The van der Waals surface area contributed by atoms with Crippen LogP contribution in [-0.2, 0) is 41.5 Å².